The minimum atomic E-state index is 0.306. The van der Waals surface area contributed by atoms with Crippen LogP contribution in [0.5, 0.6) is 0 Å². The molecule has 0 saturated carbocycles. The molecule has 8 nitrogen and oxygen atoms in total. The highest BCUT2D eigenvalue weighted by Gasteiger charge is 2.07. The first-order valence-corrected chi connectivity index (χ1v) is 6.30. The van der Waals surface area contributed by atoms with Crippen molar-refractivity contribution in [3.63, 3.8) is 0 Å². The Labute approximate surface area is 116 Å². The first-order chi connectivity index (χ1) is 9.71. The number of methoxy groups -OCH3 is 1. The van der Waals surface area contributed by atoms with Crippen molar-refractivity contribution in [2.45, 2.75) is 26.5 Å². The van der Waals surface area contributed by atoms with E-state index in [4.69, 9.17) is 15.0 Å². The summed E-state index contributed by atoms with van der Waals surface area (Å²) in [6.07, 6.45) is 0.720. The van der Waals surface area contributed by atoms with Gasteiger partial charge in [-0.1, -0.05) is 5.16 Å². The van der Waals surface area contributed by atoms with Gasteiger partial charge in [0.15, 0.2) is 5.82 Å². The molecule has 0 radical (unpaired) electrons. The van der Waals surface area contributed by atoms with Crippen molar-refractivity contribution in [1.82, 2.24) is 20.1 Å². The number of nitrogens with zero attached hydrogens (tertiary/aromatic N) is 4. The Bertz CT molecular complexity index is 557. The monoisotopic (exact) mass is 278 g/mol. The molecule has 2 heterocycles. The number of aryl methyl sites for hydroxylation is 1. The van der Waals surface area contributed by atoms with E-state index in [9.17, 15) is 0 Å². The van der Waals surface area contributed by atoms with Crippen molar-refractivity contribution < 1.29 is 9.26 Å². The zero-order chi connectivity index (χ0) is 14.4. The highest BCUT2D eigenvalue weighted by Crippen LogP contribution is 2.08. The fourth-order valence-corrected chi connectivity index (χ4v) is 1.71. The standard InChI is InChI=1S/C12H18N6O2/c1-8-15-9(3-4-13)5-10(16-8)14-6-11-17-12(7-19-2)20-18-11/h5H,3-4,6-7,13H2,1-2H3,(H,14,15,16). The lowest BCUT2D eigenvalue weighted by Gasteiger charge is -2.06. The summed E-state index contributed by atoms with van der Waals surface area (Å²) in [6, 6.07) is 1.87. The summed E-state index contributed by atoms with van der Waals surface area (Å²) in [4.78, 5) is 12.8. The minimum Gasteiger partial charge on any atom is -0.375 e. The zero-order valence-corrected chi connectivity index (χ0v) is 11.6. The zero-order valence-electron chi connectivity index (χ0n) is 11.6. The molecule has 0 aliphatic rings. The maximum atomic E-state index is 5.53. The van der Waals surface area contributed by atoms with Crippen molar-refractivity contribution in [3.05, 3.63) is 29.3 Å². The molecule has 0 aliphatic carbocycles. The van der Waals surface area contributed by atoms with Crippen molar-refractivity contribution in [2.75, 3.05) is 19.0 Å². The summed E-state index contributed by atoms with van der Waals surface area (Å²) in [5, 5.41) is 6.98. The topological polar surface area (TPSA) is 112 Å². The largest absolute Gasteiger partial charge is 0.375 e. The maximum Gasteiger partial charge on any atom is 0.252 e. The molecule has 2 aromatic heterocycles. The lowest BCUT2D eigenvalue weighted by atomic mass is 10.3. The summed E-state index contributed by atoms with van der Waals surface area (Å²) in [6.45, 7) is 3.13. The second-order valence-electron chi connectivity index (χ2n) is 4.22. The molecule has 2 aromatic rings. The van der Waals surface area contributed by atoms with Crippen LogP contribution in [0.3, 0.4) is 0 Å². The number of hydrogen-bond acceptors (Lipinski definition) is 8. The number of nitrogens with one attached hydrogen (secondary N) is 1. The predicted molar refractivity (Wildman–Crippen MR) is 71.9 cm³/mol. The molecule has 0 saturated heterocycles. The Morgan fingerprint density at radius 3 is 2.95 bits per heavy atom. The van der Waals surface area contributed by atoms with Gasteiger partial charge >= 0.3 is 0 Å². The number of ether oxygens (including phenoxy) is 1. The third-order valence-corrected chi connectivity index (χ3v) is 2.50. The predicted octanol–water partition coefficient (Wildman–Crippen LogP) is 0.428. The van der Waals surface area contributed by atoms with Crippen LogP contribution in [0, 0.1) is 6.92 Å². The lowest BCUT2D eigenvalue weighted by molar-refractivity contribution is 0.151. The number of aromatic nitrogens is 4. The van der Waals surface area contributed by atoms with Crippen LogP contribution >= 0.6 is 0 Å². The summed E-state index contributed by atoms with van der Waals surface area (Å²) < 4.78 is 9.92. The van der Waals surface area contributed by atoms with E-state index in [1.54, 1.807) is 7.11 Å². The number of nitrogens with two attached hydrogens (primary N) is 1. The molecule has 0 aliphatic heterocycles. The molecule has 20 heavy (non-hydrogen) atoms. The third-order valence-electron chi connectivity index (χ3n) is 2.50. The summed E-state index contributed by atoms with van der Waals surface area (Å²) >= 11 is 0. The second kappa shape index (κ2) is 6.92. The Morgan fingerprint density at radius 1 is 1.35 bits per heavy atom. The Balaban J connectivity index is 1.98. The van der Waals surface area contributed by atoms with Gasteiger partial charge in [-0.3, -0.25) is 0 Å². The molecule has 0 aromatic carbocycles. The van der Waals surface area contributed by atoms with Crippen LogP contribution in [0.25, 0.3) is 0 Å². The first-order valence-electron chi connectivity index (χ1n) is 6.30. The van der Waals surface area contributed by atoms with Crippen molar-refractivity contribution in [1.29, 1.82) is 0 Å². The summed E-state index contributed by atoms with van der Waals surface area (Å²) in [5.41, 5.74) is 6.44. The normalized spacial score (nSPS) is 10.8. The Hall–Kier alpha value is -2.06. The smallest absolute Gasteiger partial charge is 0.252 e. The van der Waals surface area contributed by atoms with Crippen molar-refractivity contribution in [3.8, 4) is 0 Å². The van der Waals surface area contributed by atoms with Crippen molar-refractivity contribution >= 4 is 5.82 Å². The summed E-state index contributed by atoms with van der Waals surface area (Å²) in [7, 11) is 1.57. The highest BCUT2D eigenvalue weighted by atomic mass is 16.5. The molecule has 0 unspecified atom stereocenters. The van der Waals surface area contributed by atoms with E-state index in [0.29, 0.717) is 37.2 Å². The molecule has 2 rings (SSSR count). The molecule has 108 valence electrons. The van der Waals surface area contributed by atoms with Crippen molar-refractivity contribution in [2.24, 2.45) is 5.73 Å². The van der Waals surface area contributed by atoms with Gasteiger partial charge < -0.3 is 20.3 Å². The quantitative estimate of drug-likeness (QED) is 0.749. The van der Waals surface area contributed by atoms with E-state index in [1.807, 2.05) is 13.0 Å². The molecule has 0 atom stereocenters. The molecule has 0 spiro atoms. The number of rotatable bonds is 7. The van der Waals surface area contributed by atoms with E-state index >= 15 is 0 Å². The van der Waals surface area contributed by atoms with Gasteiger partial charge in [-0.25, -0.2) is 9.97 Å². The van der Waals surface area contributed by atoms with Gasteiger partial charge in [0.25, 0.3) is 5.89 Å². The number of hydrogen-bond donors (Lipinski definition) is 2. The average Bonchev–Trinajstić information content (AvgIpc) is 2.84. The van der Waals surface area contributed by atoms with Gasteiger partial charge in [0, 0.05) is 25.3 Å². The van der Waals surface area contributed by atoms with E-state index in [0.717, 1.165) is 17.9 Å². The van der Waals surface area contributed by atoms with Crippen LogP contribution in [0.2, 0.25) is 0 Å². The van der Waals surface area contributed by atoms with Gasteiger partial charge in [0.2, 0.25) is 0 Å². The van der Waals surface area contributed by atoms with Crippen LogP contribution in [-0.2, 0) is 24.3 Å². The molecule has 0 amide bonds. The fourth-order valence-electron chi connectivity index (χ4n) is 1.71. The molecule has 3 N–H and O–H groups in total. The van der Waals surface area contributed by atoms with E-state index in [2.05, 4.69) is 25.4 Å². The maximum absolute atomic E-state index is 5.53. The van der Waals surface area contributed by atoms with Gasteiger partial charge in [-0.15, -0.1) is 0 Å². The van der Waals surface area contributed by atoms with Crippen LogP contribution in [0.4, 0.5) is 5.82 Å². The molecule has 0 fully saturated rings. The third kappa shape index (κ3) is 3.97. The van der Waals surface area contributed by atoms with Gasteiger partial charge in [0.1, 0.15) is 18.2 Å². The first kappa shape index (κ1) is 14.4. The van der Waals surface area contributed by atoms with Gasteiger partial charge in [0.05, 0.1) is 6.54 Å². The van der Waals surface area contributed by atoms with E-state index < -0.39 is 0 Å². The summed E-state index contributed by atoms with van der Waals surface area (Å²) in [5.74, 6) is 2.42. The van der Waals surface area contributed by atoms with Gasteiger partial charge in [-0.2, -0.15) is 4.98 Å². The van der Waals surface area contributed by atoms with Gasteiger partial charge in [-0.05, 0) is 13.5 Å². The van der Waals surface area contributed by atoms with Crippen LogP contribution in [-0.4, -0.2) is 33.8 Å². The van der Waals surface area contributed by atoms with Crippen LogP contribution in [0.15, 0.2) is 10.6 Å². The Morgan fingerprint density at radius 2 is 2.20 bits per heavy atom. The second-order valence-corrected chi connectivity index (χ2v) is 4.22. The fraction of sp³-hybridized carbons (Fsp3) is 0.500. The number of anilines is 1. The SMILES string of the molecule is COCc1nc(CNc2cc(CCN)nc(C)n2)no1. The molecular formula is C12H18N6O2. The molecular weight excluding hydrogens is 260 g/mol. The Kier molecular flexibility index (Phi) is 4.97. The molecule has 8 heteroatoms. The van der Waals surface area contributed by atoms with E-state index in [-0.39, 0.29) is 0 Å². The van der Waals surface area contributed by atoms with Crippen LogP contribution < -0.4 is 11.1 Å². The lowest BCUT2D eigenvalue weighted by Crippen LogP contribution is -2.09. The highest BCUT2D eigenvalue weighted by molar-refractivity contribution is 5.36. The van der Waals surface area contributed by atoms with E-state index in [1.165, 1.54) is 0 Å². The average molecular weight is 278 g/mol. The van der Waals surface area contributed by atoms with Crippen LogP contribution in [0.1, 0.15) is 23.2 Å². The molecule has 0 bridgehead atoms. The minimum absolute atomic E-state index is 0.306.